The number of carbonyl (C=O) groups excluding carboxylic acids is 2. The maximum atomic E-state index is 12.2. The van der Waals surface area contributed by atoms with E-state index in [0.717, 1.165) is 19.4 Å². The third-order valence-corrected chi connectivity index (χ3v) is 3.92. The van der Waals surface area contributed by atoms with Crippen LogP contribution in [0.15, 0.2) is 0 Å². The molecule has 6 nitrogen and oxygen atoms in total. The molecule has 1 heterocycles. The predicted octanol–water partition coefficient (Wildman–Crippen LogP) is 2.42. The lowest BCUT2D eigenvalue weighted by Gasteiger charge is -2.35. The molecular weight excluding hydrogens is 296 g/mol. The van der Waals surface area contributed by atoms with Gasteiger partial charge in [0, 0.05) is 19.6 Å². The molecule has 0 bridgehead atoms. The summed E-state index contributed by atoms with van der Waals surface area (Å²) in [6, 6.07) is -0.308. The number of carbonyl (C=O) groups is 2. The number of piperidine rings is 1. The SMILES string of the molecule is COC(=O)C(NCC1CCCN(C(=O)OC(C)(C)C)C1)C(C)C. The first-order valence-electron chi connectivity index (χ1n) is 8.43. The molecule has 23 heavy (non-hydrogen) atoms. The number of rotatable bonds is 5. The molecule has 1 aliphatic rings. The van der Waals surface area contributed by atoms with Gasteiger partial charge in [-0.25, -0.2) is 4.79 Å². The molecule has 0 aromatic carbocycles. The first kappa shape index (κ1) is 19.7. The van der Waals surface area contributed by atoms with Crippen molar-refractivity contribution in [1.29, 1.82) is 0 Å². The van der Waals surface area contributed by atoms with E-state index in [1.807, 2.05) is 34.6 Å². The van der Waals surface area contributed by atoms with Gasteiger partial charge in [0.1, 0.15) is 11.6 Å². The summed E-state index contributed by atoms with van der Waals surface area (Å²) in [5.74, 6) is 0.245. The van der Waals surface area contributed by atoms with E-state index in [-0.39, 0.29) is 24.0 Å². The van der Waals surface area contributed by atoms with E-state index in [9.17, 15) is 9.59 Å². The van der Waals surface area contributed by atoms with Gasteiger partial charge in [-0.15, -0.1) is 0 Å². The van der Waals surface area contributed by atoms with Crippen LogP contribution in [0.1, 0.15) is 47.5 Å². The van der Waals surface area contributed by atoms with Crippen molar-refractivity contribution in [2.24, 2.45) is 11.8 Å². The number of ether oxygens (including phenoxy) is 2. The summed E-state index contributed by atoms with van der Waals surface area (Å²) in [7, 11) is 1.41. The van der Waals surface area contributed by atoms with Crippen LogP contribution < -0.4 is 5.32 Å². The van der Waals surface area contributed by atoms with Gasteiger partial charge in [0.05, 0.1) is 7.11 Å². The highest BCUT2D eigenvalue weighted by Gasteiger charge is 2.29. The smallest absolute Gasteiger partial charge is 0.410 e. The number of likely N-dealkylation sites (tertiary alicyclic amines) is 1. The zero-order valence-corrected chi connectivity index (χ0v) is 15.3. The van der Waals surface area contributed by atoms with E-state index in [1.165, 1.54) is 7.11 Å². The number of hydrogen-bond donors (Lipinski definition) is 1. The van der Waals surface area contributed by atoms with Gasteiger partial charge >= 0.3 is 12.1 Å². The molecule has 1 fully saturated rings. The minimum Gasteiger partial charge on any atom is -0.468 e. The van der Waals surface area contributed by atoms with Crippen molar-refractivity contribution < 1.29 is 19.1 Å². The Morgan fingerprint density at radius 3 is 2.48 bits per heavy atom. The summed E-state index contributed by atoms with van der Waals surface area (Å²) in [5.41, 5.74) is -0.476. The Balaban J connectivity index is 2.52. The van der Waals surface area contributed by atoms with Crippen LogP contribution >= 0.6 is 0 Å². The Bertz CT molecular complexity index is 404. The lowest BCUT2D eigenvalue weighted by Crippen LogP contribution is -2.48. The predicted molar refractivity (Wildman–Crippen MR) is 89.2 cm³/mol. The van der Waals surface area contributed by atoms with Gasteiger partial charge in [-0.2, -0.15) is 0 Å². The zero-order valence-electron chi connectivity index (χ0n) is 15.3. The second-order valence-corrected chi connectivity index (χ2v) is 7.59. The average molecular weight is 328 g/mol. The van der Waals surface area contributed by atoms with Crippen molar-refractivity contribution in [3.05, 3.63) is 0 Å². The molecular formula is C17H32N2O4. The standard InChI is InChI=1S/C17H32N2O4/c1-12(2)14(15(20)22-6)18-10-13-8-7-9-19(11-13)16(21)23-17(3,4)5/h12-14,18H,7-11H2,1-6H3. The molecule has 0 spiro atoms. The van der Waals surface area contributed by atoms with E-state index in [0.29, 0.717) is 19.0 Å². The molecule has 0 radical (unpaired) electrons. The Morgan fingerprint density at radius 2 is 1.96 bits per heavy atom. The van der Waals surface area contributed by atoms with Crippen LogP contribution in [0.5, 0.6) is 0 Å². The van der Waals surface area contributed by atoms with Crippen molar-refractivity contribution in [2.45, 2.75) is 59.1 Å². The quantitative estimate of drug-likeness (QED) is 0.785. The minimum absolute atomic E-state index is 0.160. The van der Waals surface area contributed by atoms with E-state index in [4.69, 9.17) is 9.47 Å². The summed E-state index contributed by atoms with van der Waals surface area (Å²) in [5, 5.41) is 3.29. The summed E-state index contributed by atoms with van der Waals surface area (Å²) >= 11 is 0. The molecule has 1 rings (SSSR count). The molecule has 1 N–H and O–H groups in total. The normalized spacial score (nSPS) is 20.3. The average Bonchev–Trinajstić information content (AvgIpc) is 2.45. The number of hydrogen-bond acceptors (Lipinski definition) is 5. The third kappa shape index (κ3) is 6.77. The molecule has 0 aliphatic carbocycles. The fourth-order valence-corrected chi connectivity index (χ4v) is 2.74. The first-order valence-corrected chi connectivity index (χ1v) is 8.43. The molecule has 0 aromatic rings. The highest BCUT2D eigenvalue weighted by Crippen LogP contribution is 2.19. The molecule has 0 aromatic heterocycles. The van der Waals surface area contributed by atoms with Crippen molar-refractivity contribution in [3.8, 4) is 0 Å². The molecule has 6 heteroatoms. The van der Waals surface area contributed by atoms with Crippen LogP contribution in [0.4, 0.5) is 4.79 Å². The summed E-state index contributed by atoms with van der Waals surface area (Å²) in [6.45, 7) is 11.7. The van der Waals surface area contributed by atoms with Crippen LogP contribution in [0.3, 0.4) is 0 Å². The van der Waals surface area contributed by atoms with E-state index >= 15 is 0 Å². The molecule has 2 atom stereocenters. The monoisotopic (exact) mass is 328 g/mol. The number of methoxy groups -OCH3 is 1. The molecule has 2 unspecified atom stereocenters. The van der Waals surface area contributed by atoms with Gasteiger partial charge in [0.15, 0.2) is 0 Å². The highest BCUT2D eigenvalue weighted by molar-refractivity contribution is 5.75. The summed E-state index contributed by atoms with van der Waals surface area (Å²) in [6.07, 6.45) is 1.74. The molecule has 1 aliphatic heterocycles. The third-order valence-electron chi connectivity index (χ3n) is 3.92. The fraction of sp³-hybridized carbons (Fsp3) is 0.882. The summed E-state index contributed by atoms with van der Waals surface area (Å²) < 4.78 is 10.3. The van der Waals surface area contributed by atoms with Crippen LogP contribution in [0, 0.1) is 11.8 Å². The van der Waals surface area contributed by atoms with Crippen LogP contribution in [-0.4, -0.2) is 55.3 Å². The lowest BCUT2D eigenvalue weighted by molar-refractivity contribution is -0.144. The molecule has 1 saturated heterocycles. The zero-order chi connectivity index (χ0) is 17.6. The van der Waals surface area contributed by atoms with Crippen molar-refractivity contribution in [1.82, 2.24) is 10.2 Å². The minimum atomic E-state index is -0.476. The number of nitrogens with one attached hydrogen (secondary N) is 1. The van der Waals surface area contributed by atoms with Crippen LogP contribution in [-0.2, 0) is 14.3 Å². The van der Waals surface area contributed by atoms with Crippen molar-refractivity contribution >= 4 is 12.1 Å². The highest BCUT2D eigenvalue weighted by atomic mass is 16.6. The van der Waals surface area contributed by atoms with Gasteiger partial charge < -0.3 is 19.7 Å². The second kappa shape index (κ2) is 8.52. The number of amides is 1. The Kier molecular flexibility index (Phi) is 7.32. The van der Waals surface area contributed by atoms with Gasteiger partial charge in [-0.3, -0.25) is 4.79 Å². The molecule has 1 amide bonds. The Hall–Kier alpha value is -1.30. The number of nitrogens with zero attached hydrogens (tertiary/aromatic N) is 1. The van der Waals surface area contributed by atoms with E-state index in [2.05, 4.69) is 5.32 Å². The maximum Gasteiger partial charge on any atom is 0.410 e. The van der Waals surface area contributed by atoms with E-state index < -0.39 is 5.60 Å². The van der Waals surface area contributed by atoms with Gasteiger partial charge in [-0.1, -0.05) is 13.8 Å². The van der Waals surface area contributed by atoms with Gasteiger partial charge in [0.25, 0.3) is 0 Å². The molecule has 0 saturated carbocycles. The van der Waals surface area contributed by atoms with Crippen LogP contribution in [0.2, 0.25) is 0 Å². The first-order chi connectivity index (χ1) is 10.6. The van der Waals surface area contributed by atoms with Gasteiger partial charge in [-0.05, 0) is 45.4 Å². The maximum absolute atomic E-state index is 12.2. The van der Waals surface area contributed by atoms with Gasteiger partial charge in [0.2, 0.25) is 0 Å². The number of esters is 1. The Morgan fingerprint density at radius 1 is 1.30 bits per heavy atom. The van der Waals surface area contributed by atoms with Crippen LogP contribution in [0.25, 0.3) is 0 Å². The second-order valence-electron chi connectivity index (χ2n) is 7.59. The topological polar surface area (TPSA) is 67.9 Å². The fourth-order valence-electron chi connectivity index (χ4n) is 2.74. The van der Waals surface area contributed by atoms with E-state index in [1.54, 1.807) is 4.90 Å². The van der Waals surface area contributed by atoms with Crippen molar-refractivity contribution in [3.63, 3.8) is 0 Å². The Labute approximate surface area is 139 Å². The van der Waals surface area contributed by atoms with Crippen molar-refractivity contribution in [2.75, 3.05) is 26.7 Å². The largest absolute Gasteiger partial charge is 0.468 e. The molecule has 134 valence electrons. The summed E-state index contributed by atoms with van der Waals surface area (Å²) in [4.78, 5) is 25.7. The lowest BCUT2D eigenvalue weighted by atomic mass is 9.96.